The zero-order valence-corrected chi connectivity index (χ0v) is 11.1. The Morgan fingerprint density at radius 2 is 2.28 bits per heavy atom. The van der Waals surface area contributed by atoms with Gasteiger partial charge in [-0.05, 0) is 19.9 Å². The van der Waals surface area contributed by atoms with E-state index in [1.165, 1.54) is 7.11 Å². The standard InChI is InChI=1S/C12H20N4O2/c1-5-6-7-18-9(3)14-11-10(8(2)13)15-12(16-11)17-4/h3,5-7,13H2,1-2,4H3,(H,14,15,16)/b10-8-. The third-order valence-corrected chi connectivity index (χ3v) is 2.23. The maximum absolute atomic E-state index is 5.73. The molecule has 0 atom stereocenters. The lowest BCUT2D eigenvalue weighted by Gasteiger charge is -2.06. The second-order valence-electron chi connectivity index (χ2n) is 3.83. The van der Waals surface area contributed by atoms with Gasteiger partial charge in [-0.1, -0.05) is 13.3 Å². The molecule has 0 fully saturated rings. The van der Waals surface area contributed by atoms with E-state index in [1.807, 2.05) is 0 Å². The number of hydrogen-bond acceptors (Lipinski definition) is 5. The number of methoxy groups -OCH3 is 1. The van der Waals surface area contributed by atoms with Crippen LogP contribution in [0.5, 0.6) is 0 Å². The largest absolute Gasteiger partial charge is 0.478 e. The van der Waals surface area contributed by atoms with Crippen LogP contribution >= 0.6 is 0 Å². The van der Waals surface area contributed by atoms with Crippen LogP contribution in [0.15, 0.2) is 33.8 Å². The van der Waals surface area contributed by atoms with Crippen LogP contribution in [0.25, 0.3) is 0 Å². The van der Waals surface area contributed by atoms with Gasteiger partial charge in [0, 0.05) is 5.70 Å². The van der Waals surface area contributed by atoms with E-state index in [0.29, 0.717) is 35.7 Å². The summed E-state index contributed by atoms with van der Waals surface area (Å²) in [6.45, 7) is 8.17. The number of unbranched alkanes of at least 4 members (excludes halogenated alkanes) is 1. The van der Waals surface area contributed by atoms with Gasteiger partial charge in [0.05, 0.1) is 13.7 Å². The average Bonchev–Trinajstić information content (AvgIpc) is 2.72. The first-order valence-electron chi connectivity index (χ1n) is 5.85. The molecule has 6 heteroatoms. The van der Waals surface area contributed by atoms with Crippen LogP contribution in [0, 0.1) is 0 Å². The van der Waals surface area contributed by atoms with Gasteiger partial charge < -0.3 is 15.2 Å². The summed E-state index contributed by atoms with van der Waals surface area (Å²) in [4.78, 5) is 8.35. The van der Waals surface area contributed by atoms with E-state index < -0.39 is 0 Å². The number of ether oxygens (including phenoxy) is 2. The molecule has 6 nitrogen and oxygen atoms in total. The van der Waals surface area contributed by atoms with E-state index in [0.717, 1.165) is 12.8 Å². The summed E-state index contributed by atoms with van der Waals surface area (Å²) in [5, 5.41) is 2.89. The molecule has 0 saturated carbocycles. The van der Waals surface area contributed by atoms with Crippen molar-refractivity contribution in [3.05, 3.63) is 23.9 Å². The number of aliphatic imine (C=N–C) groups is 2. The highest BCUT2D eigenvalue weighted by Crippen LogP contribution is 2.12. The van der Waals surface area contributed by atoms with Crippen molar-refractivity contribution < 1.29 is 9.47 Å². The van der Waals surface area contributed by atoms with E-state index in [2.05, 4.69) is 28.8 Å². The summed E-state index contributed by atoms with van der Waals surface area (Å²) >= 11 is 0. The zero-order chi connectivity index (χ0) is 13.5. The predicted molar refractivity (Wildman–Crippen MR) is 71.9 cm³/mol. The topological polar surface area (TPSA) is 81.2 Å². The first kappa shape index (κ1) is 14.1. The summed E-state index contributed by atoms with van der Waals surface area (Å²) in [5.41, 5.74) is 6.83. The molecule has 3 N–H and O–H groups in total. The minimum absolute atomic E-state index is 0.331. The van der Waals surface area contributed by atoms with Gasteiger partial charge in [0.15, 0.2) is 5.84 Å². The zero-order valence-electron chi connectivity index (χ0n) is 11.1. The van der Waals surface area contributed by atoms with Gasteiger partial charge in [-0.15, -0.1) is 0 Å². The molecule has 0 aliphatic carbocycles. The van der Waals surface area contributed by atoms with Gasteiger partial charge in [0.2, 0.25) is 5.88 Å². The van der Waals surface area contributed by atoms with Crippen LogP contribution in [0.3, 0.4) is 0 Å². The van der Waals surface area contributed by atoms with Crippen LogP contribution < -0.4 is 11.1 Å². The van der Waals surface area contributed by atoms with E-state index in [9.17, 15) is 0 Å². The van der Waals surface area contributed by atoms with Crippen molar-refractivity contribution >= 4 is 11.9 Å². The smallest absolute Gasteiger partial charge is 0.295 e. The van der Waals surface area contributed by atoms with Crippen molar-refractivity contribution in [1.29, 1.82) is 0 Å². The molecule has 0 spiro atoms. The summed E-state index contributed by atoms with van der Waals surface area (Å²) in [7, 11) is 1.52. The highest BCUT2D eigenvalue weighted by molar-refractivity contribution is 6.13. The first-order chi connectivity index (χ1) is 8.58. The van der Waals surface area contributed by atoms with Crippen LogP contribution in [-0.4, -0.2) is 25.6 Å². The van der Waals surface area contributed by atoms with E-state index >= 15 is 0 Å². The fraction of sp³-hybridized carbons (Fsp3) is 0.500. The number of rotatable bonds is 5. The molecule has 0 saturated heterocycles. The third-order valence-electron chi connectivity index (χ3n) is 2.23. The Morgan fingerprint density at radius 1 is 1.56 bits per heavy atom. The summed E-state index contributed by atoms with van der Waals surface area (Å²) < 4.78 is 10.4. The van der Waals surface area contributed by atoms with Gasteiger partial charge in [0.25, 0.3) is 6.02 Å². The Balaban J connectivity index is 2.72. The van der Waals surface area contributed by atoms with Crippen LogP contribution in [0.1, 0.15) is 26.7 Å². The molecule has 1 heterocycles. The van der Waals surface area contributed by atoms with Crippen LogP contribution in [0.2, 0.25) is 0 Å². The molecular formula is C12H20N4O2. The van der Waals surface area contributed by atoms with Crippen molar-refractivity contribution in [2.75, 3.05) is 13.7 Å². The summed E-state index contributed by atoms with van der Waals surface area (Å²) in [5.74, 6) is 0.825. The molecule has 0 amide bonds. The van der Waals surface area contributed by atoms with Gasteiger partial charge in [0.1, 0.15) is 5.70 Å². The van der Waals surface area contributed by atoms with Crippen LogP contribution in [-0.2, 0) is 9.47 Å². The van der Waals surface area contributed by atoms with Gasteiger partial charge in [-0.25, -0.2) is 0 Å². The molecule has 0 aromatic rings. The van der Waals surface area contributed by atoms with Crippen molar-refractivity contribution in [2.24, 2.45) is 15.7 Å². The Hall–Kier alpha value is -1.98. The molecule has 0 aromatic carbocycles. The molecule has 0 bridgehead atoms. The SMILES string of the molecule is C=C(/N=C1/NC(OC)=N/C1=C(/C)N)OCCCC. The highest BCUT2D eigenvalue weighted by atomic mass is 16.5. The quantitative estimate of drug-likeness (QED) is 0.573. The summed E-state index contributed by atoms with van der Waals surface area (Å²) in [6.07, 6.45) is 2.03. The molecular weight excluding hydrogens is 232 g/mol. The Labute approximate surface area is 107 Å². The second-order valence-corrected chi connectivity index (χ2v) is 3.83. The molecule has 18 heavy (non-hydrogen) atoms. The number of nitrogens with zero attached hydrogens (tertiary/aromatic N) is 2. The molecule has 1 rings (SSSR count). The summed E-state index contributed by atoms with van der Waals surface area (Å²) in [6, 6.07) is 0.356. The first-order valence-corrected chi connectivity index (χ1v) is 5.85. The van der Waals surface area contributed by atoms with Crippen LogP contribution in [0.4, 0.5) is 0 Å². The second kappa shape index (κ2) is 6.68. The van der Waals surface area contributed by atoms with Crippen molar-refractivity contribution in [3.8, 4) is 0 Å². The minimum Gasteiger partial charge on any atom is -0.478 e. The highest BCUT2D eigenvalue weighted by Gasteiger charge is 2.20. The van der Waals surface area contributed by atoms with E-state index in [-0.39, 0.29) is 0 Å². The molecule has 1 aliphatic heterocycles. The predicted octanol–water partition coefficient (Wildman–Crippen LogP) is 1.47. The Bertz CT molecular complexity index is 406. The lowest BCUT2D eigenvalue weighted by molar-refractivity contribution is 0.207. The number of nitrogens with two attached hydrogens (primary N) is 1. The third kappa shape index (κ3) is 3.80. The fourth-order valence-electron chi connectivity index (χ4n) is 1.29. The monoisotopic (exact) mass is 252 g/mol. The molecule has 100 valence electrons. The molecule has 0 unspecified atom stereocenters. The maximum atomic E-state index is 5.73. The minimum atomic E-state index is 0.331. The lowest BCUT2D eigenvalue weighted by Crippen LogP contribution is -2.26. The Kier molecular flexibility index (Phi) is 5.23. The number of nitrogens with one attached hydrogen (secondary N) is 1. The maximum Gasteiger partial charge on any atom is 0.295 e. The fourth-order valence-corrected chi connectivity index (χ4v) is 1.29. The van der Waals surface area contributed by atoms with Crippen molar-refractivity contribution in [3.63, 3.8) is 0 Å². The number of amidine groups is 2. The average molecular weight is 252 g/mol. The lowest BCUT2D eigenvalue weighted by atomic mass is 10.3. The molecule has 0 radical (unpaired) electrons. The normalized spacial score (nSPS) is 19.3. The van der Waals surface area contributed by atoms with Gasteiger partial charge in [-0.3, -0.25) is 5.32 Å². The van der Waals surface area contributed by atoms with Gasteiger partial charge >= 0.3 is 0 Å². The van der Waals surface area contributed by atoms with Crippen molar-refractivity contribution in [2.45, 2.75) is 26.7 Å². The van der Waals surface area contributed by atoms with Gasteiger partial charge in [-0.2, -0.15) is 9.98 Å². The number of hydrogen-bond donors (Lipinski definition) is 2. The molecule has 1 aliphatic rings. The van der Waals surface area contributed by atoms with E-state index in [4.69, 9.17) is 15.2 Å². The molecule has 0 aromatic heterocycles. The number of allylic oxidation sites excluding steroid dienone is 1. The van der Waals surface area contributed by atoms with E-state index in [1.54, 1.807) is 6.92 Å². The van der Waals surface area contributed by atoms with Crippen molar-refractivity contribution in [1.82, 2.24) is 5.32 Å². The Morgan fingerprint density at radius 3 is 2.83 bits per heavy atom.